The topological polar surface area (TPSA) is 49.8 Å². The Morgan fingerprint density at radius 2 is 1.81 bits per heavy atom. The molecule has 0 saturated carbocycles. The average Bonchev–Trinajstić information content (AvgIpc) is 2.52. The molecule has 0 aliphatic heterocycles. The molecule has 2 aromatic rings. The molecule has 0 bridgehead atoms. The molecule has 0 spiro atoms. The number of nitrogens with zero attached hydrogens (tertiary/aromatic N) is 1. The number of ether oxygens (including phenoxy) is 1. The van der Waals surface area contributed by atoms with E-state index in [1.54, 1.807) is 6.08 Å². The fourth-order valence-electron chi connectivity index (χ4n) is 1.69. The first-order valence-electron chi connectivity index (χ1n) is 6.56. The lowest BCUT2D eigenvalue weighted by Gasteiger charge is -2.06. The molecule has 0 aliphatic carbocycles. The number of likely N-dealkylation sites (N-methyl/N-ethyl adjacent to an activating group) is 1. The molecule has 0 fully saturated rings. The van der Waals surface area contributed by atoms with Crippen molar-refractivity contribution in [2.45, 2.75) is 6.61 Å². The lowest BCUT2D eigenvalue weighted by atomic mass is 10.2. The zero-order valence-electron chi connectivity index (χ0n) is 11.8. The van der Waals surface area contributed by atoms with Gasteiger partial charge in [0.2, 0.25) is 0 Å². The van der Waals surface area contributed by atoms with Crippen molar-refractivity contribution in [3.05, 3.63) is 71.8 Å². The van der Waals surface area contributed by atoms with E-state index in [2.05, 4.69) is 0 Å². The Labute approximate surface area is 123 Å². The van der Waals surface area contributed by atoms with Crippen molar-refractivity contribution in [2.24, 2.45) is 0 Å². The van der Waals surface area contributed by atoms with E-state index in [0.29, 0.717) is 11.7 Å². The molecule has 1 amide bonds. The van der Waals surface area contributed by atoms with Crippen molar-refractivity contribution in [2.75, 3.05) is 7.05 Å². The van der Waals surface area contributed by atoms with Crippen LogP contribution in [0.1, 0.15) is 11.1 Å². The summed E-state index contributed by atoms with van der Waals surface area (Å²) in [5.74, 6) is 0.293. The third-order valence-corrected chi connectivity index (χ3v) is 2.87. The fourth-order valence-corrected chi connectivity index (χ4v) is 1.69. The van der Waals surface area contributed by atoms with E-state index in [1.165, 1.54) is 13.1 Å². The molecule has 21 heavy (non-hydrogen) atoms. The van der Waals surface area contributed by atoms with Crippen LogP contribution in [0.4, 0.5) is 0 Å². The number of hydrogen-bond acceptors (Lipinski definition) is 3. The van der Waals surface area contributed by atoms with Crippen LogP contribution in [-0.4, -0.2) is 23.2 Å². The zero-order chi connectivity index (χ0) is 15.1. The van der Waals surface area contributed by atoms with Gasteiger partial charge in [-0.25, -0.2) is 5.06 Å². The second-order valence-electron chi connectivity index (χ2n) is 4.54. The Hall–Kier alpha value is -2.59. The molecule has 0 atom stereocenters. The van der Waals surface area contributed by atoms with Gasteiger partial charge in [-0.05, 0) is 29.3 Å². The Balaban J connectivity index is 1.91. The number of hydroxylamine groups is 2. The van der Waals surface area contributed by atoms with Crippen molar-refractivity contribution in [3.8, 4) is 5.75 Å². The predicted molar refractivity (Wildman–Crippen MR) is 80.8 cm³/mol. The number of rotatable bonds is 5. The van der Waals surface area contributed by atoms with E-state index in [1.807, 2.05) is 54.6 Å². The van der Waals surface area contributed by atoms with Gasteiger partial charge in [0.15, 0.2) is 0 Å². The molecule has 0 unspecified atom stereocenters. The standard InChI is InChI=1S/C17H17NO3/c1-18(20)17(19)12-9-14-7-10-16(11-8-14)21-13-15-5-3-2-4-6-15/h2-12,20H,13H2,1H3. The highest BCUT2D eigenvalue weighted by Crippen LogP contribution is 2.15. The third-order valence-electron chi connectivity index (χ3n) is 2.87. The highest BCUT2D eigenvalue weighted by Gasteiger charge is 1.99. The Morgan fingerprint density at radius 3 is 2.43 bits per heavy atom. The molecule has 0 radical (unpaired) electrons. The Bertz CT molecular complexity index is 604. The molecule has 108 valence electrons. The van der Waals surface area contributed by atoms with E-state index < -0.39 is 5.91 Å². The summed E-state index contributed by atoms with van der Waals surface area (Å²) in [7, 11) is 1.28. The number of benzene rings is 2. The highest BCUT2D eigenvalue weighted by molar-refractivity contribution is 5.90. The van der Waals surface area contributed by atoms with Gasteiger partial charge < -0.3 is 4.74 Å². The Morgan fingerprint density at radius 1 is 1.14 bits per heavy atom. The van der Waals surface area contributed by atoms with Gasteiger partial charge in [0.25, 0.3) is 5.91 Å². The number of hydrogen-bond donors (Lipinski definition) is 1. The average molecular weight is 283 g/mol. The van der Waals surface area contributed by atoms with Gasteiger partial charge in [-0.2, -0.15) is 0 Å². The molecule has 2 aromatic carbocycles. The van der Waals surface area contributed by atoms with Crippen LogP contribution in [0, 0.1) is 0 Å². The lowest BCUT2D eigenvalue weighted by molar-refractivity contribution is -0.153. The van der Waals surface area contributed by atoms with Gasteiger partial charge in [-0.3, -0.25) is 10.0 Å². The van der Waals surface area contributed by atoms with Crippen LogP contribution in [0.2, 0.25) is 0 Å². The first-order chi connectivity index (χ1) is 10.1. The van der Waals surface area contributed by atoms with Crippen molar-refractivity contribution < 1.29 is 14.7 Å². The Kier molecular flexibility index (Phi) is 5.12. The van der Waals surface area contributed by atoms with Crippen LogP contribution in [-0.2, 0) is 11.4 Å². The second-order valence-corrected chi connectivity index (χ2v) is 4.54. The van der Waals surface area contributed by atoms with Crippen LogP contribution < -0.4 is 4.74 Å². The number of carbonyl (C=O) groups excluding carboxylic acids is 1. The number of carbonyl (C=O) groups is 1. The molecule has 0 aliphatic rings. The summed E-state index contributed by atoms with van der Waals surface area (Å²) >= 11 is 0. The van der Waals surface area contributed by atoms with E-state index >= 15 is 0 Å². The smallest absolute Gasteiger partial charge is 0.269 e. The maximum Gasteiger partial charge on any atom is 0.269 e. The third kappa shape index (κ3) is 4.78. The summed E-state index contributed by atoms with van der Waals surface area (Å²) in [5, 5.41) is 9.47. The molecule has 4 nitrogen and oxygen atoms in total. The van der Waals surface area contributed by atoms with Gasteiger partial charge in [0, 0.05) is 13.1 Å². The van der Waals surface area contributed by atoms with Gasteiger partial charge in [-0.1, -0.05) is 42.5 Å². The maximum absolute atomic E-state index is 11.2. The maximum atomic E-state index is 11.2. The summed E-state index contributed by atoms with van der Waals surface area (Å²) in [6, 6.07) is 17.3. The molecule has 1 N–H and O–H groups in total. The normalized spacial score (nSPS) is 10.6. The van der Waals surface area contributed by atoms with Crippen molar-refractivity contribution >= 4 is 12.0 Å². The molecule has 0 saturated heterocycles. The molecular weight excluding hydrogens is 266 g/mol. The van der Waals surface area contributed by atoms with Crippen LogP contribution >= 0.6 is 0 Å². The van der Waals surface area contributed by atoms with E-state index in [-0.39, 0.29) is 0 Å². The molecule has 2 rings (SSSR count). The van der Waals surface area contributed by atoms with Crippen LogP contribution in [0.5, 0.6) is 5.75 Å². The predicted octanol–water partition coefficient (Wildman–Crippen LogP) is 3.13. The molecule has 0 aromatic heterocycles. The van der Waals surface area contributed by atoms with E-state index in [0.717, 1.165) is 16.9 Å². The van der Waals surface area contributed by atoms with Crippen LogP contribution in [0.15, 0.2) is 60.7 Å². The monoisotopic (exact) mass is 283 g/mol. The summed E-state index contributed by atoms with van der Waals surface area (Å²) in [5.41, 5.74) is 1.97. The minimum Gasteiger partial charge on any atom is -0.489 e. The summed E-state index contributed by atoms with van der Waals surface area (Å²) in [6.45, 7) is 0.518. The van der Waals surface area contributed by atoms with Crippen molar-refractivity contribution in [1.29, 1.82) is 0 Å². The SMILES string of the molecule is CN(O)C(=O)C=Cc1ccc(OCc2ccccc2)cc1. The lowest BCUT2D eigenvalue weighted by Crippen LogP contribution is -2.19. The zero-order valence-corrected chi connectivity index (χ0v) is 11.8. The van der Waals surface area contributed by atoms with Gasteiger partial charge in [0.05, 0.1) is 0 Å². The van der Waals surface area contributed by atoms with Crippen LogP contribution in [0.3, 0.4) is 0 Å². The quantitative estimate of drug-likeness (QED) is 0.521. The fraction of sp³-hybridized carbons (Fsp3) is 0.118. The second kappa shape index (κ2) is 7.26. The largest absolute Gasteiger partial charge is 0.489 e. The van der Waals surface area contributed by atoms with E-state index in [4.69, 9.17) is 9.94 Å². The summed E-state index contributed by atoms with van der Waals surface area (Å²) in [6.07, 6.45) is 2.94. The summed E-state index contributed by atoms with van der Waals surface area (Å²) < 4.78 is 5.67. The van der Waals surface area contributed by atoms with Crippen LogP contribution in [0.25, 0.3) is 6.08 Å². The van der Waals surface area contributed by atoms with Crippen molar-refractivity contribution in [1.82, 2.24) is 5.06 Å². The first-order valence-corrected chi connectivity index (χ1v) is 6.56. The number of amides is 1. The summed E-state index contributed by atoms with van der Waals surface area (Å²) in [4.78, 5) is 11.2. The molecular formula is C17H17NO3. The first kappa shape index (κ1) is 14.8. The highest BCUT2D eigenvalue weighted by atomic mass is 16.5. The van der Waals surface area contributed by atoms with Gasteiger partial charge in [0.1, 0.15) is 12.4 Å². The van der Waals surface area contributed by atoms with Gasteiger partial charge in [-0.15, -0.1) is 0 Å². The minimum absolute atomic E-state index is 0.473. The minimum atomic E-state index is -0.473. The van der Waals surface area contributed by atoms with Crippen molar-refractivity contribution in [3.63, 3.8) is 0 Å². The van der Waals surface area contributed by atoms with E-state index in [9.17, 15) is 4.79 Å². The van der Waals surface area contributed by atoms with Gasteiger partial charge >= 0.3 is 0 Å². The molecule has 4 heteroatoms. The molecule has 0 heterocycles.